The largest absolute Gasteiger partial charge is 0.366 e. The molecule has 0 spiro atoms. The van der Waals surface area contributed by atoms with Gasteiger partial charge in [0.05, 0.1) is 6.20 Å². The fourth-order valence-corrected chi connectivity index (χ4v) is 2.93. The predicted molar refractivity (Wildman–Crippen MR) is 123 cm³/mol. The van der Waals surface area contributed by atoms with Crippen LogP contribution in [0.15, 0.2) is 60.8 Å². The first-order valence-electron chi connectivity index (χ1n) is 9.48. The van der Waals surface area contributed by atoms with Gasteiger partial charge in [0, 0.05) is 23.4 Å². The van der Waals surface area contributed by atoms with Crippen LogP contribution >= 0.6 is 11.6 Å². The third-order valence-electron chi connectivity index (χ3n) is 4.61. The molecule has 1 amide bonds. The van der Waals surface area contributed by atoms with Crippen molar-refractivity contribution in [3.8, 4) is 0 Å². The Balaban J connectivity index is 1.88. The lowest BCUT2D eigenvalue weighted by atomic mass is 10.0. The van der Waals surface area contributed by atoms with E-state index in [1.165, 1.54) is 6.20 Å². The minimum atomic E-state index is -0.525. The number of amides is 1. The Morgan fingerprint density at radius 3 is 2.58 bits per heavy atom. The number of carbonyl (C=O) groups is 2. The lowest BCUT2D eigenvalue weighted by Gasteiger charge is -2.14. The van der Waals surface area contributed by atoms with Crippen molar-refractivity contribution in [2.45, 2.75) is 20.3 Å². The molecule has 158 valence electrons. The van der Waals surface area contributed by atoms with Gasteiger partial charge in [0.15, 0.2) is 11.6 Å². The monoisotopic (exact) mass is 435 g/mol. The summed E-state index contributed by atoms with van der Waals surface area (Å²) >= 11 is 6.30. The van der Waals surface area contributed by atoms with Gasteiger partial charge < -0.3 is 16.4 Å². The Kier molecular flexibility index (Phi) is 6.67. The zero-order valence-corrected chi connectivity index (χ0v) is 18.0. The number of hydrogen-bond donors (Lipinski definition) is 3. The molecule has 0 atom stereocenters. The number of aromatic nitrogens is 2. The molecule has 0 aliphatic carbocycles. The van der Waals surface area contributed by atoms with Crippen LogP contribution in [0.25, 0.3) is 0 Å². The van der Waals surface area contributed by atoms with Crippen molar-refractivity contribution >= 4 is 46.4 Å². The number of para-hydroxylation sites is 1. The minimum Gasteiger partial charge on any atom is -0.366 e. The van der Waals surface area contributed by atoms with Gasteiger partial charge in [-0.3, -0.25) is 9.59 Å². The predicted octanol–water partition coefficient (Wildman–Crippen LogP) is 4.71. The molecule has 1 heterocycles. The number of aryl methyl sites for hydroxylation is 1. The van der Waals surface area contributed by atoms with Crippen LogP contribution in [0.1, 0.15) is 28.4 Å². The number of Topliss-reactive ketones (excluding diaryl/α,β-unsaturated/α-hetero) is 1. The molecule has 0 fully saturated rings. The lowest BCUT2D eigenvalue weighted by molar-refractivity contribution is -0.114. The van der Waals surface area contributed by atoms with E-state index in [9.17, 15) is 9.59 Å². The van der Waals surface area contributed by atoms with E-state index in [0.29, 0.717) is 33.4 Å². The van der Waals surface area contributed by atoms with Gasteiger partial charge in [0.25, 0.3) is 0 Å². The molecule has 7 nitrogen and oxygen atoms in total. The second-order valence-electron chi connectivity index (χ2n) is 7.07. The fraction of sp³-hybridized carbons (Fsp3) is 0.130. The number of hydrogen-bond acceptors (Lipinski definition) is 6. The van der Waals surface area contributed by atoms with Gasteiger partial charge in [-0.1, -0.05) is 42.4 Å². The van der Waals surface area contributed by atoms with Gasteiger partial charge in [-0.2, -0.15) is 4.98 Å². The van der Waals surface area contributed by atoms with E-state index < -0.39 is 5.91 Å². The molecule has 0 bridgehead atoms. The Morgan fingerprint density at radius 2 is 1.87 bits per heavy atom. The Labute approximate surface area is 185 Å². The Bertz CT molecular complexity index is 1180. The second kappa shape index (κ2) is 9.40. The average Bonchev–Trinajstić information content (AvgIpc) is 2.73. The highest BCUT2D eigenvalue weighted by Crippen LogP contribution is 2.28. The molecule has 0 radical (unpaired) electrons. The third-order valence-corrected chi connectivity index (χ3v) is 4.89. The lowest BCUT2D eigenvalue weighted by Crippen LogP contribution is -2.11. The molecule has 0 unspecified atom stereocenters. The van der Waals surface area contributed by atoms with E-state index in [2.05, 4.69) is 27.2 Å². The number of rotatable bonds is 8. The van der Waals surface area contributed by atoms with Crippen molar-refractivity contribution in [1.29, 1.82) is 0 Å². The molecule has 3 aromatic rings. The fourth-order valence-electron chi connectivity index (χ4n) is 2.79. The molecule has 0 saturated carbocycles. The van der Waals surface area contributed by atoms with Crippen LogP contribution in [0.5, 0.6) is 0 Å². The van der Waals surface area contributed by atoms with Crippen LogP contribution < -0.4 is 16.4 Å². The van der Waals surface area contributed by atoms with Gasteiger partial charge >= 0.3 is 0 Å². The summed E-state index contributed by atoms with van der Waals surface area (Å²) in [5.74, 6) is 0.0868. The van der Waals surface area contributed by atoms with Crippen molar-refractivity contribution < 1.29 is 9.59 Å². The molecular formula is C23H22ClN5O2. The van der Waals surface area contributed by atoms with Crippen molar-refractivity contribution in [3.05, 3.63) is 82.5 Å². The van der Waals surface area contributed by atoms with Gasteiger partial charge in [0.1, 0.15) is 5.02 Å². The van der Waals surface area contributed by atoms with Crippen LogP contribution in [0, 0.1) is 6.92 Å². The number of halogens is 1. The Morgan fingerprint density at radius 1 is 1.13 bits per heavy atom. The van der Waals surface area contributed by atoms with Gasteiger partial charge in [-0.15, -0.1) is 0 Å². The topological polar surface area (TPSA) is 110 Å². The first kappa shape index (κ1) is 22.0. The summed E-state index contributed by atoms with van der Waals surface area (Å²) in [6.45, 7) is 7.28. The molecule has 8 heteroatoms. The smallest absolute Gasteiger partial charge is 0.248 e. The number of carbonyl (C=O) groups excluding carboxylic acids is 2. The maximum atomic E-state index is 12.1. The molecule has 3 rings (SSSR count). The summed E-state index contributed by atoms with van der Waals surface area (Å²) in [5, 5.41) is 6.58. The van der Waals surface area contributed by atoms with E-state index in [1.807, 2.05) is 31.2 Å². The second-order valence-corrected chi connectivity index (χ2v) is 7.48. The summed E-state index contributed by atoms with van der Waals surface area (Å²) in [6.07, 6.45) is 1.68. The molecular weight excluding hydrogens is 414 g/mol. The number of anilines is 4. The number of ketones is 1. The number of primary amides is 1. The molecule has 0 aliphatic rings. The first-order chi connectivity index (χ1) is 14.7. The zero-order chi connectivity index (χ0) is 22.5. The highest BCUT2D eigenvalue weighted by Gasteiger charge is 2.13. The van der Waals surface area contributed by atoms with Crippen molar-refractivity contribution in [1.82, 2.24) is 9.97 Å². The van der Waals surface area contributed by atoms with Crippen LogP contribution in [0.2, 0.25) is 5.02 Å². The van der Waals surface area contributed by atoms with E-state index in [4.69, 9.17) is 17.3 Å². The van der Waals surface area contributed by atoms with Crippen LogP contribution in [-0.2, 0) is 11.2 Å². The highest BCUT2D eigenvalue weighted by atomic mass is 35.5. The standard InChI is InChI=1S/C23H22ClN5O2/c1-13(2)20(30)11-15-6-4-5-7-18(15)27-22-17(24)12-26-23(29-22)28-19-10-16(21(25)31)9-8-14(19)3/h4-10,12H,1,11H2,2-3H3,(H2,25,31)(H2,26,27,28,29). The first-order valence-corrected chi connectivity index (χ1v) is 9.86. The normalized spacial score (nSPS) is 10.4. The van der Waals surface area contributed by atoms with Gasteiger partial charge in [-0.25, -0.2) is 4.98 Å². The number of nitrogens with zero attached hydrogens (tertiary/aromatic N) is 2. The molecule has 0 aliphatic heterocycles. The van der Waals surface area contributed by atoms with Crippen molar-refractivity contribution in [2.75, 3.05) is 10.6 Å². The number of nitrogens with one attached hydrogen (secondary N) is 2. The molecule has 1 aromatic heterocycles. The van der Waals surface area contributed by atoms with E-state index in [0.717, 1.165) is 11.1 Å². The number of benzene rings is 2. The molecule has 2 aromatic carbocycles. The van der Waals surface area contributed by atoms with Gasteiger partial charge in [0.2, 0.25) is 11.9 Å². The molecule has 4 N–H and O–H groups in total. The SMILES string of the molecule is C=C(C)C(=O)Cc1ccccc1Nc1nc(Nc2cc(C(N)=O)ccc2C)ncc1Cl. The van der Waals surface area contributed by atoms with Crippen LogP contribution in [0.4, 0.5) is 23.1 Å². The van der Waals surface area contributed by atoms with E-state index in [1.54, 1.807) is 25.1 Å². The quantitative estimate of drug-likeness (QED) is 0.442. The zero-order valence-electron chi connectivity index (χ0n) is 17.2. The van der Waals surface area contributed by atoms with Gasteiger partial charge in [-0.05, 0) is 48.7 Å². The summed E-state index contributed by atoms with van der Waals surface area (Å²) in [7, 11) is 0. The van der Waals surface area contributed by atoms with Crippen LogP contribution in [-0.4, -0.2) is 21.7 Å². The summed E-state index contributed by atoms with van der Waals surface area (Å²) in [4.78, 5) is 32.3. The maximum absolute atomic E-state index is 12.1. The minimum absolute atomic E-state index is 0.0461. The molecule has 31 heavy (non-hydrogen) atoms. The maximum Gasteiger partial charge on any atom is 0.248 e. The average molecular weight is 436 g/mol. The summed E-state index contributed by atoms with van der Waals surface area (Å²) < 4.78 is 0. The highest BCUT2D eigenvalue weighted by molar-refractivity contribution is 6.33. The molecule has 0 saturated heterocycles. The summed E-state index contributed by atoms with van der Waals surface area (Å²) in [5.41, 5.74) is 9.28. The summed E-state index contributed by atoms with van der Waals surface area (Å²) in [6, 6.07) is 12.5. The Hall–Kier alpha value is -3.71. The number of allylic oxidation sites excluding steroid dienone is 1. The van der Waals surface area contributed by atoms with Crippen LogP contribution in [0.3, 0.4) is 0 Å². The van der Waals surface area contributed by atoms with Crippen molar-refractivity contribution in [2.24, 2.45) is 5.73 Å². The third kappa shape index (κ3) is 5.46. The van der Waals surface area contributed by atoms with Crippen molar-refractivity contribution in [3.63, 3.8) is 0 Å². The van der Waals surface area contributed by atoms with E-state index in [-0.39, 0.29) is 18.2 Å². The number of nitrogens with two attached hydrogens (primary N) is 1. The van der Waals surface area contributed by atoms with E-state index >= 15 is 0 Å².